The zero-order valence-corrected chi connectivity index (χ0v) is 9.81. The van der Waals surface area contributed by atoms with Crippen molar-refractivity contribution >= 4 is 16.5 Å². The number of hydrogen-bond donors (Lipinski definition) is 1. The molecule has 1 atom stereocenters. The summed E-state index contributed by atoms with van der Waals surface area (Å²) in [7, 11) is 0. The summed E-state index contributed by atoms with van der Waals surface area (Å²) in [5.74, 6) is 0.777. The van der Waals surface area contributed by atoms with Gasteiger partial charge in [-0.1, -0.05) is 44.4 Å². The highest BCUT2D eigenvalue weighted by Crippen LogP contribution is 2.15. The number of aromatic nitrogens is 2. The third-order valence-electron chi connectivity index (χ3n) is 2.45. The van der Waals surface area contributed by atoms with Crippen LogP contribution in [0, 0.1) is 5.92 Å². The Kier molecular flexibility index (Phi) is 5.52. The van der Waals surface area contributed by atoms with Crippen LogP contribution in [0.5, 0.6) is 0 Å². The molecule has 4 heteroatoms. The van der Waals surface area contributed by atoms with Crippen LogP contribution in [0.4, 0.5) is 5.13 Å². The molecule has 0 amide bonds. The molecule has 3 nitrogen and oxygen atoms in total. The Bertz CT molecular complexity index is 223. The summed E-state index contributed by atoms with van der Waals surface area (Å²) in [5, 5.41) is 12.0. The monoisotopic (exact) mass is 213 g/mol. The third-order valence-corrected chi connectivity index (χ3v) is 3.09. The van der Waals surface area contributed by atoms with Gasteiger partial charge < -0.3 is 5.32 Å². The molecule has 80 valence electrons. The summed E-state index contributed by atoms with van der Waals surface area (Å²) in [6.45, 7) is 5.53. The molecule has 0 saturated heterocycles. The average molecular weight is 213 g/mol. The largest absolute Gasteiger partial charge is 0.360 e. The van der Waals surface area contributed by atoms with Crippen LogP contribution in [0.25, 0.3) is 0 Å². The maximum absolute atomic E-state index is 3.96. The predicted octanol–water partition coefficient (Wildman–Crippen LogP) is 3.17. The normalized spacial score (nSPS) is 12.7. The Balaban J connectivity index is 2.20. The van der Waals surface area contributed by atoms with Crippen LogP contribution in [-0.2, 0) is 0 Å². The number of nitrogens with zero attached hydrogens (tertiary/aromatic N) is 2. The molecular formula is C10H19N3S. The molecule has 0 radical (unpaired) electrons. The van der Waals surface area contributed by atoms with Crippen LogP contribution in [0.15, 0.2) is 5.51 Å². The highest BCUT2D eigenvalue weighted by molar-refractivity contribution is 7.13. The van der Waals surface area contributed by atoms with Crippen molar-refractivity contribution in [2.24, 2.45) is 5.92 Å². The molecular weight excluding hydrogens is 194 g/mol. The molecule has 0 aliphatic carbocycles. The van der Waals surface area contributed by atoms with Gasteiger partial charge in [0.2, 0.25) is 5.13 Å². The second-order valence-electron chi connectivity index (χ2n) is 3.54. The third kappa shape index (κ3) is 4.05. The lowest BCUT2D eigenvalue weighted by molar-refractivity contribution is 0.472. The molecule has 0 aromatic carbocycles. The first-order valence-corrected chi connectivity index (χ1v) is 6.24. The van der Waals surface area contributed by atoms with Gasteiger partial charge in [-0.3, -0.25) is 0 Å². The van der Waals surface area contributed by atoms with Gasteiger partial charge in [0.1, 0.15) is 5.51 Å². The zero-order valence-electron chi connectivity index (χ0n) is 8.99. The van der Waals surface area contributed by atoms with Crippen molar-refractivity contribution in [2.75, 3.05) is 11.9 Å². The summed E-state index contributed by atoms with van der Waals surface area (Å²) in [6, 6.07) is 0. The van der Waals surface area contributed by atoms with E-state index in [4.69, 9.17) is 0 Å². The average Bonchev–Trinajstić information content (AvgIpc) is 2.71. The van der Waals surface area contributed by atoms with Gasteiger partial charge in [0.05, 0.1) is 0 Å². The summed E-state index contributed by atoms with van der Waals surface area (Å²) < 4.78 is 0. The first kappa shape index (κ1) is 11.4. The number of unbranched alkanes of at least 4 members (excludes halogenated alkanes) is 1. The standard InChI is InChI=1S/C10H19N3S/c1-3-5-6-9(4-2)7-11-10-13-12-8-14-10/h8-9H,3-7H2,1-2H3,(H,11,13). The van der Waals surface area contributed by atoms with Crippen molar-refractivity contribution < 1.29 is 0 Å². The van der Waals surface area contributed by atoms with Crippen LogP contribution in [-0.4, -0.2) is 16.7 Å². The van der Waals surface area contributed by atoms with Gasteiger partial charge in [-0.15, -0.1) is 10.2 Å². The molecule has 0 spiro atoms. The second kappa shape index (κ2) is 6.76. The van der Waals surface area contributed by atoms with Gasteiger partial charge in [-0.05, 0) is 12.3 Å². The predicted molar refractivity (Wildman–Crippen MR) is 61.7 cm³/mol. The van der Waals surface area contributed by atoms with Gasteiger partial charge in [0.15, 0.2) is 0 Å². The van der Waals surface area contributed by atoms with Crippen molar-refractivity contribution in [1.82, 2.24) is 10.2 Å². The molecule has 1 unspecified atom stereocenters. The molecule has 0 fully saturated rings. The van der Waals surface area contributed by atoms with E-state index in [2.05, 4.69) is 29.4 Å². The molecule has 0 bridgehead atoms. The van der Waals surface area contributed by atoms with E-state index in [1.807, 2.05) is 0 Å². The summed E-state index contributed by atoms with van der Waals surface area (Å²) in [4.78, 5) is 0. The van der Waals surface area contributed by atoms with E-state index >= 15 is 0 Å². The van der Waals surface area contributed by atoms with Crippen molar-refractivity contribution in [3.8, 4) is 0 Å². The Morgan fingerprint density at radius 1 is 1.50 bits per heavy atom. The van der Waals surface area contributed by atoms with Crippen LogP contribution in [0.1, 0.15) is 39.5 Å². The van der Waals surface area contributed by atoms with Crippen molar-refractivity contribution in [1.29, 1.82) is 0 Å². The summed E-state index contributed by atoms with van der Waals surface area (Å²) >= 11 is 1.57. The summed E-state index contributed by atoms with van der Waals surface area (Å²) in [5.41, 5.74) is 1.76. The first-order valence-electron chi connectivity index (χ1n) is 5.36. The van der Waals surface area contributed by atoms with Gasteiger partial charge in [0.25, 0.3) is 0 Å². The Labute approximate surface area is 89.9 Å². The SMILES string of the molecule is CCCCC(CC)CNc1nncs1. The maximum atomic E-state index is 3.96. The fourth-order valence-corrected chi connectivity index (χ4v) is 1.88. The first-order chi connectivity index (χ1) is 6.86. The molecule has 0 saturated carbocycles. The molecule has 14 heavy (non-hydrogen) atoms. The van der Waals surface area contributed by atoms with Crippen LogP contribution in [0.3, 0.4) is 0 Å². The maximum Gasteiger partial charge on any atom is 0.205 e. The molecule has 1 aromatic rings. The lowest BCUT2D eigenvalue weighted by atomic mass is 10.00. The topological polar surface area (TPSA) is 37.8 Å². The molecule has 0 aliphatic heterocycles. The Morgan fingerprint density at radius 3 is 2.93 bits per heavy atom. The van der Waals surface area contributed by atoms with Crippen molar-refractivity contribution in [3.63, 3.8) is 0 Å². The van der Waals surface area contributed by atoms with Crippen LogP contribution < -0.4 is 5.32 Å². The molecule has 1 heterocycles. The minimum atomic E-state index is 0.777. The lowest BCUT2D eigenvalue weighted by Crippen LogP contribution is -2.13. The van der Waals surface area contributed by atoms with E-state index in [1.54, 1.807) is 16.8 Å². The highest BCUT2D eigenvalue weighted by Gasteiger charge is 2.06. The quantitative estimate of drug-likeness (QED) is 0.756. The number of anilines is 1. The molecule has 1 rings (SSSR count). The van der Waals surface area contributed by atoms with Gasteiger partial charge in [-0.25, -0.2) is 0 Å². The number of nitrogens with one attached hydrogen (secondary N) is 1. The molecule has 1 aromatic heterocycles. The summed E-state index contributed by atoms with van der Waals surface area (Å²) in [6.07, 6.45) is 5.18. The molecule has 1 N–H and O–H groups in total. The van der Waals surface area contributed by atoms with Gasteiger partial charge in [-0.2, -0.15) is 0 Å². The van der Waals surface area contributed by atoms with E-state index in [0.717, 1.165) is 17.6 Å². The highest BCUT2D eigenvalue weighted by atomic mass is 32.1. The smallest absolute Gasteiger partial charge is 0.205 e. The van der Waals surface area contributed by atoms with Crippen LogP contribution >= 0.6 is 11.3 Å². The van der Waals surface area contributed by atoms with E-state index < -0.39 is 0 Å². The van der Waals surface area contributed by atoms with E-state index in [-0.39, 0.29) is 0 Å². The second-order valence-corrected chi connectivity index (χ2v) is 4.37. The van der Waals surface area contributed by atoms with E-state index in [0.29, 0.717) is 0 Å². The minimum Gasteiger partial charge on any atom is -0.360 e. The van der Waals surface area contributed by atoms with Crippen LogP contribution in [0.2, 0.25) is 0 Å². The number of rotatable bonds is 7. The van der Waals surface area contributed by atoms with E-state index in [1.165, 1.54) is 25.7 Å². The van der Waals surface area contributed by atoms with Crippen molar-refractivity contribution in [3.05, 3.63) is 5.51 Å². The van der Waals surface area contributed by atoms with Gasteiger partial charge >= 0.3 is 0 Å². The fourth-order valence-electron chi connectivity index (χ4n) is 1.43. The zero-order chi connectivity index (χ0) is 10.2. The number of hydrogen-bond acceptors (Lipinski definition) is 4. The van der Waals surface area contributed by atoms with Crippen molar-refractivity contribution in [2.45, 2.75) is 39.5 Å². The minimum absolute atomic E-state index is 0.777. The van der Waals surface area contributed by atoms with E-state index in [9.17, 15) is 0 Å². The Morgan fingerprint density at radius 2 is 2.36 bits per heavy atom. The Hall–Kier alpha value is -0.640. The lowest BCUT2D eigenvalue weighted by Gasteiger charge is -2.14. The fraction of sp³-hybridized carbons (Fsp3) is 0.800. The van der Waals surface area contributed by atoms with Gasteiger partial charge in [0, 0.05) is 6.54 Å². The molecule has 0 aliphatic rings.